The molecule has 3 aromatic rings. The Balaban J connectivity index is 1.91. The summed E-state index contributed by atoms with van der Waals surface area (Å²) in [5.41, 5.74) is 4.55. The van der Waals surface area contributed by atoms with Crippen LogP contribution in [0.15, 0.2) is 60.7 Å². The molecule has 4 heteroatoms. The highest BCUT2D eigenvalue weighted by Crippen LogP contribution is 2.23. The molecular weight excluding hydrogens is 320 g/mol. The normalized spacial score (nSPS) is 10.6. The van der Waals surface area contributed by atoms with Crippen LogP contribution in [0.2, 0.25) is 0 Å². The van der Waals surface area contributed by atoms with Crippen molar-refractivity contribution in [2.24, 2.45) is 0 Å². The standard InChI is InChI=1S/C22H26N4/c1-4-26(5-2)22-24-20(19-12-7-6-8-13-19)15-21(25-22)23-16-18-11-9-10-17(3)14-18/h6-15H,4-5,16H2,1-3H3,(H,23,24,25). The van der Waals surface area contributed by atoms with Crippen molar-refractivity contribution in [3.8, 4) is 11.3 Å². The Morgan fingerprint density at radius 3 is 2.35 bits per heavy atom. The van der Waals surface area contributed by atoms with Crippen molar-refractivity contribution in [1.29, 1.82) is 0 Å². The lowest BCUT2D eigenvalue weighted by Crippen LogP contribution is -2.24. The van der Waals surface area contributed by atoms with Crippen LogP contribution in [0.5, 0.6) is 0 Å². The molecule has 26 heavy (non-hydrogen) atoms. The molecule has 0 amide bonds. The molecule has 2 aromatic carbocycles. The third-order valence-corrected chi connectivity index (χ3v) is 4.39. The van der Waals surface area contributed by atoms with Gasteiger partial charge in [-0.1, -0.05) is 60.2 Å². The SMILES string of the molecule is CCN(CC)c1nc(NCc2cccc(C)c2)cc(-c2ccccc2)n1. The number of nitrogens with zero attached hydrogens (tertiary/aromatic N) is 3. The number of aryl methyl sites for hydroxylation is 1. The van der Waals surface area contributed by atoms with E-state index in [4.69, 9.17) is 9.97 Å². The van der Waals surface area contributed by atoms with Gasteiger partial charge in [0.15, 0.2) is 0 Å². The zero-order valence-corrected chi connectivity index (χ0v) is 15.7. The third kappa shape index (κ3) is 4.39. The maximum Gasteiger partial charge on any atom is 0.227 e. The van der Waals surface area contributed by atoms with Gasteiger partial charge in [-0.15, -0.1) is 0 Å². The van der Waals surface area contributed by atoms with E-state index in [2.05, 4.69) is 67.4 Å². The summed E-state index contributed by atoms with van der Waals surface area (Å²) in [6, 6.07) is 20.8. The smallest absolute Gasteiger partial charge is 0.227 e. The van der Waals surface area contributed by atoms with Crippen LogP contribution >= 0.6 is 0 Å². The molecule has 0 spiro atoms. The fraction of sp³-hybridized carbons (Fsp3) is 0.273. The zero-order valence-electron chi connectivity index (χ0n) is 15.7. The van der Waals surface area contributed by atoms with Crippen LogP contribution in [0.3, 0.4) is 0 Å². The maximum atomic E-state index is 4.79. The van der Waals surface area contributed by atoms with Crippen LogP contribution in [-0.4, -0.2) is 23.1 Å². The summed E-state index contributed by atoms with van der Waals surface area (Å²) >= 11 is 0. The molecule has 0 fully saturated rings. The first-order chi connectivity index (χ1) is 12.7. The molecule has 0 aliphatic rings. The lowest BCUT2D eigenvalue weighted by Gasteiger charge is -2.20. The molecule has 0 saturated heterocycles. The minimum atomic E-state index is 0.741. The van der Waals surface area contributed by atoms with Gasteiger partial charge in [0.05, 0.1) is 5.69 Å². The third-order valence-electron chi connectivity index (χ3n) is 4.39. The molecule has 1 N–H and O–H groups in total. The Kier molecular flexibility index (Phi) is 5.84. The van der Waals surface area contributed by atoms with Gasteiger partial charge in [0.25, 0.3) is 0 Å². The summed E-state index contributed by atoms with van der Waals surface area (Å²) in [6.45, 7) is 8.87. The van der Waals surface area contributed by atoms with Crippen LogP contribution in [0.1, 0.15) is 25.0 Å². The molecule has 4 nitrogen and oxygen atoms in total. The van der Waals surface area contributed by atoms with Crippen molar-refractivity contribution >= 4 is 11.8 Å². The first-order valence-corrected chi connectivity index (χ1v) is 9.18. The quantitative estimate of drug-likeness (QED) is 0.660. The average Bonchev–Trinajstić information content (AvgIpc) is 2.68. The van der Waals surface area contributed by atoms with Gasteiger partial charge in [0, 0.05) is 31.3 Å². The van der Waals surface area contributed by atoms with Gasteiger partial charge in [0.1, 0.15) is 5.82 Å². The summed E-state index contributed by atoms with van der Waals surface area (Å²) in [6.07, 6.45) is 0. The largest absolute Gasteiger partial charge is 0.366 e. The first kappa shape index (κ1) is 17.9. The number of hydrogen-bond donors (Lipinski definition) is 1. The van der Waals surface area contributed by atoms with E-state index in [0.29, 0.717) is 0 Å². The van der Waals surface area contributed by atoms with Gasteiger partial charge in [-0.25, -0.2) is 4.98 Å². The van der Waals surface area contributed by atoms with E-state index < -0.39 is 0 Å². The Labute approximate surface area is 155 Å². The number of aromatic nitrogens is 2. The summed E-state index contributed by atoms with van der Waals surface area (Å²) in [5.74, 6) is 1.62. The molecular formula is C22H26N4. The maximum absolute atomic E-state index is 4.79. The summed E-state index contributed by atoms with van der Waals surface area (Å²) in [4.78, 5) is 11.7. The topological polar surface area (TPSA) is 41.1 Å². The van der Waals surface area contributed by atoms with E-state index in [0.717, 1.165) is 42.7 Å². The Bertz CT molecular complexity index is 842. The van der Waals surface area contributed by atoms with E-state index >= 15 is 0 Å². The highest BCUT2D eigenvalue weighted by molar-refractivity contribution is 5.64. The molecule has 0 aliphatic heterocycles. The summed E-state index contributed by atoms with van der Waals surface area (Å²) in [5, 5.41) is 3.46. The highest BCUT2D eigenvalue weighted by atomic mass is 15.3. The minimum Gasteiger partial charge on any atom is -0.366 e. The molecule has 0 saturated carbocycles. The van der Waals surface area contributed by atoms with Gasteiger partial charge in [-0.2, -0.15) is 4.98 Å². The molecule has 1 heterocycles. The van der Waals surface area contributed by atoms with Crippen molar-refractivity contribution in [2.45, 2.75) is 27.3 Å². The minimum absolute atomic E-state index is 0.741. The first-order valence-electron chi connectivity index (χ1n) is 9.18. The fourth-order valence-electron chi connectivity index (χ4n) is 2.94. The lowest BCUT2D eigenvalue weighted by atomic mass is 10.1. The molecule has 3 rings (SSSR count). The number of nitrogens with one attached hydrogen (secondary N) is 1. The second-order valence-electron chi connectivity index (χ2n) is 6.32. The van der Waals surface area contributed by atoms with Gasteiger partial charge in [0.2, 0.25) is 5.95 Å². The van der Waals surface area contributed by atoms with Crippen molar-refractivity contribution in [3.63, 3.8) is 0 Å². The Hall–Kier alpha value is -2.88. The average molecular weight is 346 g/mol. The van der Waals surface area contributed by atoms with E-state index in [1.54, 1.807) is 0 Å². The highest BCUT2D eigenvalue weighted by Gasteiger charge is 2.11. The predicted molar refractivity (Wildman–Crippen MR) is 110 cm³/mol. The zero-order chi connectivity index (χ0) is 18.4. The molecule has 0 radical (unpaired) electrons. The van der Waals surface area contributed by atoms with E-state index in [9.17, 15) is 0 Å². The van der Waals surface area contributed by atoms with Crippen LogP contribution in [-0.2, 0) is 6.54 Å². The second-order valence-corrected chi connectivity index (χ2v) is 6.32. The summed E-state index contributed by atoms with van der Waals surface area (Å²) < 4.78 is 0. The molecule has 0 bridgehead atoms. The van der Waals surface area contributed by atoms with Crippen LogP contribution in [0.4, 0.5) is 11.8 Å². The number of rotatable bonds is 7. The van der Waals surface area contributed by atoms with E-state index in [-0.39, 0.29) is 0 Å². The van der Waals surface area contributed by atoms with Gasteiger partial charge < -0.3 is 10.2 Å². The molecule has 0 aliphatic carbocycles. The van der Waals surface area contributed by atoms with Crippen molar-refractivity contribution < 1.29 is 0 Å². The van der Waals surface area contributed by atoms with E-state index in [1.807, 2.05) is 24.3 Å². The lowest BCUT2D eigenvalue weighted by molar-refractivity contribution is 0.822. The predicted octanol–water partition coefficient (Wildman–Crippen LogP) is 4.91. The van der Waals surface area contributed by atoms with Crippen molar-refractivity contribution in [1.82, 2.24) is 9.97 Å². The number of benzene rings is 2. The Morgan fingerprint density at radius 1 is 0.885 bits per heavy atom. The van der Waals surface area contributed by atoms with Crippen LogP contribution < -0.4 is 10.2 Å². The number of hydrogen-bond acceptors (Lipinski definition) is 4. The van der Waals surface area contributed by atoms with E-state index in [1.165, 1.54) is 11.1 Å². The number of anilines is 2. The van der Waals surface area contributed by atoms with Crippen LogP contribution in [0, 0.1) is 6.92 Å². The molecule has 1 aromatic heterocycles. The summed E-state index contributed by atoms with van der Waals surface area (Å²) in [7, 11) is 0. The van der Waals surface area contributed by atoms with Crippen molar-refractivity contribution in [3.05, 3.63) is 71.8 Å². The molecule has 134 valence electrons. The molecule has 0 atom stereocenters. The Morgan fingerprint density at radius 2 is 1.65 bits per heavy atom. The van der Waals surface area contributed by atoms with Crippen LogP contribution in [0.25, 0.3) is 11.3 Å². The monoisotopic (exact) mass is 346 g/mol. The fourth-order valence-corrected chi connectivity index (χ4v) is 2.94. The second kappa shape index (κ2) is 8.48. The van der Waals surface area contributed by atoms with Gasteiger partial charge in [-0.3, -0.25) is 0 Å². The molecule has 0 unspecified atom stereocenters. The van der Waals surface area contributed by atoms with Crippen molar-refractivity contribution in [2.75, 3.05) is 23.3 Å². The van der Waals surface area contributed by atoms with Gasteiger partial charge in [-0.05, 0) is 26.3 Å². The van der Waals surface area contributed by atoms with Gasteiger partial charge >= 0.3 is 0 Å².